The zero-order valence-electron chi connectivity index (χ0n) is 20.4. The van der Waals surface area contributed by atoms with Gasteiger partial charge >= 0.3 is 23.6 Å². The number of furan rings is 1. The molecule has 0 unspecified atom stereocenters. The third-order valence-electron chi connectivity index (χ3n) is 5.41. The molecule has 0 aliphatic heterocycles. The largest absolute Gasteiger partial charge is 0.458 e. The molecular weight excluding hydrogens is 462 g/mol. The summed E-state index contributed by atoms with van der Waals surface area (Å²) < 4.78 is 5.48. The molecule has 0 saturated heterocycles. The van der Waals surface area contributed by atoms with Gasteiger partial charge in [0.1, 0.15) is 11.5 Å². The predicted octanol–water partition coefficient (Wildman–Crippen LogP) is 2.86. The van der Waals surface area contributed by atoms with Crippen molar-refractivity contribution in [3.63, 3.8) is 0 Å². The maximum Gasteiger partial charge on any atom is 0.329 e. The summed E-state index contributed by atoms with van der Waals surface area (Å²) in [7, 11) is 0. The summed E-state index contributed by atoms with van der Waals surface area (Å²) >= 11 is 0. The fraction of sp³-hybridized carbons (Fsp3) is 0.192. The Balaban J connectivity index is 1.44. The van der Waals surface area contributed by atoms with E-state index in [0.717, 1.165) is 22.3 Å². The molecule has 0 radical (unpaired) electrons. The molecule has 3 rings (SSSR count). The number of nitrogens with zero attached hydrogens (tertiary/aromatic N) is 1. The normalized spacial score (nSPS) is 10.7. The molecule has 1 heterocycles. The standard InChI is InChI=1S/C26H27N5O5/c1-15-5-7-19(11-17(15)3)29-24(33)23(32)27-13-21-9-10-22(36-21)14-28-31-26(35)25(34)30-20-8-6-16(2)18(4)12-20/h5-12,14H,13H2,1-4H3,(H,27,32)(H,29,33)(H,30,34)(H,31,35)/b28-14+. The Labute approximate surface area is 208 Å². The van der Waals surface area contributed by atoms with Crippen molar-refractivity contribution in [1.29, 1.82) is 0 Å². The molecule has 2 aromatic carbocycles. The van der Waals surface area contributed by atoms with Crippen molar-refractivity contribution in [1.82, 2.24) is 10.7 Å². The number of rotatable bonds is 6. The number of aryl methyl sites for hydroxylation is 4. The van der Waals surface area contributed by atoms with Crippen molar-refractivity contribution in [2.45, 2.75) is 34.2 Å². The van der Waals surface area contributed by atoms with Gasteiger partial charge in [-0.25, -0.2) is 5.43 Å². The van der Waals surface area contributed by atoms with Crippen LogP contribution in [0.1, 0.15) is 33.8 Å². The molecule has 4 N–H and O–H groups in total. The van der Waals surface area contributed by atoms with E-state index in [1.807, 2.05) is 39.8 Å². The number of anilines is 2. The van der Waals surface area contributed by atoms with E-state index in [1.54, 1.807) is 36.4 Å². The highest BCUT2D eigenvalue weighted by Crippen LogP contribution is 2.15. The summed E-state index contributed by atoms with van der Waals surface area (Å²) in [6.45, 7) is 7.68. The van der Waals surface area contributed by atoms with Gasteiger partial charge < -0.3 is 20.4 Å². The highest BCUT2D eigenvalue weighted by molar-refractivity contribution is 6.40. The van der Waals surface area contributed by atoms with Gasteiger partial charge in [-0.3, -0.25) is 19.2 Å². The van der Waals surface area contributed by atoms with Crippen molar-refractivity contribution in [2.75, 3.05) is 10.6 Å². The monoisotopic (exact) mass is 489 g/mol. The van der Waals surface area contributed by atoms with Crippen LogP contribution in [-0.2, 0) is 25.7 Å². The number of carbonyl (C=O) groups excluding carboxylic acids is 4. The summed E-state index contributed by atoms with van der Waals surface area (Å²) in [5.74, 6) is -2.79. The second-order valence-corrected chi connectivity index (χ2v) is 8.19. The van der Waals surface area contributed by atoms with Crippen molar-refractivity contribution in [3.05, 3.63) is 82.3 Å². The van der Waals surface area contributed by atoms with E-state index >= 15 is 0 Å². The third-order valence-corrected chi connectivity index (χ3v) is 5.41. The number of nitrogens with one attached hydrogen (secondary N) is 4. The van der Waals surface area contributed by atoms with Crippen molar-refractivity contribution in [3.8, 4) is 0 Å². The number of benzene rings is 2. The Kier molecular flexibility index (Phi) is 8.35. The van der Waals surface area contributed by atoms with Gasteiger partial charge in [0, 0.05) is 11.4 Å². The Morgan fingerprint density at radius 3 is 1.83 bits per heavy atom. The fourth-order valence-electron chi connectivity index (χ4n) is 3.03. The highest BCUT2D eigenvalue weighted by atomic mass is 16.3. The molecule has 4 amide bonds. The zero-order valence-corrected chi connectivity index (χ0v) is 20.4. The molecule has 186 valence electrons. The number of hydrogen-bond acceptors (Lipinski definition) is 6. The summed E-state index contributed by atoms with van der Waals surface area (Å²) in [5, 5.41) is 11.2. The van der Waals surface area contributed by atoms with Crippen LogP contribution in [-0.4, -0.2) is 29.8 Å². The summed E-state index contributed by atoms with van der Waals surface area (Å²) in [6, 6.07) is 13.8. The molecule has 3 aromatic rings. The number of hydrogen-bond donors (Lipinski definition) is 4. The summed E-state index contributed by atoms with van der Waals surface area (Å²) in [6.07, 6.45) is 1.21. The van der Waals surface area contributed by atoms with Gasteiger partial charge in [0.2, 0.25) is 0 Å². The van der Waals surface area contributed by atoms with E-state index in [1.165, 1.54) is 6.21 Å². The second-order valence-electron chi connectivity index (χ2n) is 8.19. The first kappa shape index (κ1) is 25.9. The average Bonchev–Trinajstić information content (AvgIpc) is 3.29. The zero-order chi connectivity index (χ0) is 26.2. The maximum atomic E-state index is 12.1. The van der Waals surface area contributed by atoms with E-state index in [-0.39, 0.29) is 12.3 Å². The molecule has 0 aliphatic carbocycles. The Morgan fingerprint density at radius 1 is 0.722 bits per heavy atom. The fourth-order valence-corrected chi connectivity index (χ4v) is 3.03. The van der Waals surface area contributed by atoms with Crippen LogP contribution < -0.4 is 21.4 Å². The molecule has 0 bridgehead atoms. The van der Waals surface area contributed by atoms with Gasteiger partial charge in [-0.15, -0.1) is 0 Å². The lowest BCUT2D eigenvalue weighted by molar-refractivity contribution is -0.136. The lowest BCUT2D eigenvalue weighted by Crippen LogP contribution is -2.34. The van der Waals surface area contributed by atoms with Crippen molar-refractivity contribution in [2.24, 2.45) is 5.10 Å². The minimum Gasteiger partial charge on any atom is -0.458 e. The number of hydrazone groups is 1. The van der Waals surface area contributed by atoms with E-state index in [4.69, 9.17) is 4.42 Å². The van der Waals surface area contributed by atoms with E-state index in [0.29, 0.717) is 17.1 Å². The third kappa shape index (κ3) is 7.13. The van der Waals surface area contributed by atoms with Gasteiger partial charge in [-0.2, -0.15) is 5.10 Å². The van der Waals surface area contributed by atoms with Gasteiger partial charge in [0.15, 0.2) is 0 Å². The molecule has 0 fully saturated rings. The number of amides is 4. The molecule has 0 atom stereocenters. The smallest absolute Gasteiger partial charge is 0.329 e. The predicted molar refractivity (Wildman–Crippen MR) is 135 cm³/mol. The second kappa shape index (κ2) is 11.6. The van der Waals surface area contributed by atoms with Crippen LogP contribution in [0.5, 0.6) is 0 Å². The van der Waals surface area contributed by atoms with Gasteiger partial charge in [0.05, 0.1) is 12.8 Å². The summed E-state index contributed by atoms with van der Waals surface area (Å²) in [5.41, 5.74) is 7.28. The first-order valence-electron chi connectivity index (χ1n) is 11.1. The lowest BCUT2D eigenvalue weighted by atomic mass is 10.1. The first-order chi connectivity index (χ1) is 17.1. The molecule has 36 heavy (non-hydrogen) atoms. The molecule has 0 spiro atoms. The van der Waals surface area contributed by atoms with Crippen LogP contribution in [0.25, 0.3) is 0 Å². The Morgan fingerprint density at radius 2 is 1.28 bits per heavy atom. The lowest BCUT2D eigenvalue weighted by Gasteiger charge is -2.07. The van der Waals surface area contributed by atoms with Crippen LogP contribution in [0.4, 0.5) is 11.4 Å². The van der Waals surface area contributed by atoms with E-state index in [2.05, 4.69) is 26.5 Å². The molecule has 10 nitrogen and oxygen atoms in total. The Hall–Kier alpha value is -4.73. The minimum atomic E-state index is -0.946. The van der Waals surface area contributed by atoms with Crippen molar-refractivity contribution < 1.29 is 23.6 Å². The Bertz CT molecular complexity index is 1340. The topological polar surface area (TPSA) is 142 Å². The SMILES string of the molecule is Cc1ccc(NC(=O)C(=O)NCc2ccc(/C=N/NC(=O)C(=O)Nc3ccc(C)c(C)c3)o2)cc1C. The maximum absolute atomic E-state index is 12.1. The van der Waals surface area contributed by atoms with Gasteiger partial charge in [0.25, 0.3) is 0 Å². The summed E-state index contributed by atoms with van der Waals surface area (Å²) in [4.78, 5) is 48.1. The highest BCUT2D eigenvalue weighted by Gasteiger charge is 2.15. The van der Waals surface area contributed by atoms with Crippen LogP contribution in [0, 0.1) is 27.7 Å². The average molecular weight is 490 g/mol. The van der Waals surface area contributed by atoms with Crippen LogP contribution in [0.15, 0.2) is 58.0 Å². The minimum absolute atomic E-state index is 0.0300. The quantitative estimate of drug-likeness (QED) is 0.239. The van der Waals surface area contributed by atoms with Crippen LogP contribution >= 0.6 is 0 Å². The van der Waals surface area contributed by atoms with Crippen LogP contribution in [0.2, 0.25) is 0 Å². The van der Waals surface area contributed by atoms with Crippen LogP contribution in [0.3, 0.4) is 0 Å². The molecule has 10 heteroatoms. The number of carbonyl (C=O) groups is 4. The molecule has 1 aromatic heterocycles. The molecule has 0 aliphatic rings. The molecular formula is C26H27N5O5. The van der Waals surface area contributed by atoms with Gasteiger partial charge in [-0.1, -0.05) is 12.1 Å². The van der Waals surface area contributed by atoms with E-state index < -0.39 is 23.6 Å². The first-order valence-corrected chi connectivity index (χ1v) is 11.1. The molecule has 0 saturated carbocycles. The van der Waals surface area contributed by atoms with Gasteiger partial charge in [-0.05, 0) is 86.3 Å². The van der Waals surface area contributed by atoms with Crippen molar-refractivity contribution >= 4 is 41.2 Å². The van der Waals surface area contributed by atoms with E-state index in [9.17, 15) is 19.2 Å².